The fourth-order valence-electron chi connectivity index (χ4n) is 1.98. The van der Waals surface area contributed by atoms with Crippen LogP contribution in [0.25, 0.3) is 0 Å². The molecule has 0 atom stereocenters. The van der Waals surface area contributed by atoms with Crippen LogP contribution in [0.5, 0.6) is 11.5 Å². The Morgan fingerprint density at radius 2 is 2.11 bits per heavy atom. The standard InChI is InChI=1S/C14H17NO4/c1-3-15(4-2)14(17)9-18-10-5-6-11-12(16)8-19-13(11)7-10/h5-7H,3-4,8-9H2,1-2H3. The molecule has 1 aliphatic heterocycles. The molecule has 1 aliphatic rings. The minimum Gasteiger partial charge on any atom is -0.485 e. The van der Waals surface area contributed by atoms with Crippen molar-refractivity contribution in [3.63, 3.8) is 0 Å². The SMILES string of the molecule is CCN(CC)C(=O)COc1ccc2c(c1)OCC2=O. The molecule has 0 spiro atoms. The van der Waals surface area contributed by atoms with E-state index in [-0.39, 0.29) is 24.9 Å². The van der Waals surface area contributed by atoms with Crippen molar-refractivity contribution in [1.29, 1.82) is 0 Å². The zero-order valence-corrected chi connectivity index (χ0v) is 11.1. The van der Waals surface area contributed by atoms with Crippen molar-refractivity contribution in [1.82, 2.24) is 4.90 Å². The van der Waals surface area contributed by atoms with E-state index in [1.807, 2.05) is 13.8 Å². The Hall–Kier alpha value is -2.04. The van der Waals surface area contributed by atoms with Gasteiger partial charge in [-0.3, -0.25) is 9.59 Å². The van der Waals surface area contributed by atoms with Crippen LogP contribution in [0.15, 0.2) is 18.2 Å². The monoisotopic (exact) mass is 263 g/mol. The summed E-state index contributed by atoms with van der Waals surface area (Å²) < 4.78 is 10.7. The first-order valence-electron chi connectivity index (χ1n) is 6.36. The molecule has 19 heavy (non-hydrogen) atoms. The van der Waals surface area contributed by atoms with Crippen molar-refractivity contribution in [3.8, 4) is 11.5 Å². The van der Waals surface area contributed by atoms with Crippen molar-refractivity contribution in [2.24, 2.45) is 0 Å². The Morgan fingerprint density at radius 3 is 2.79 bits per heavy atom. The second kappa shape index (κ2) is 5.73. The molecule has 0 aliphatic carbocycles. The van der Waals surface area contributed by atoms with Gasteiger partial charge in [-0.1, -0.05) is 0 Å². The van der Waals surface area contributed by atoms with E-state index in [0.717, 1.165) is 0 Å². The quantitative estimate of drug-likeness (QED) is 0.808. The van der Waals surface area contributed by atoms with Gasteiger partial charge in [-0.25, -0.2) is 0 Å². The molecule has 2 rings (SSSR count). The van der Waals surface area contributed by atoms with Crippen LogP contribution in [-0.2, 0) is 4.79 Å². The number of hydrogen-bond acceptors (Lipinski definition) is 4. The number of ether oxygens (including phenoxy) is 2. The van der Waals surface area contributed by atoms with E-state index in [1.54, 1.807) is 23.1 Å². The molecule has 5 heteroatoms. The third kappa shape index (κ3) is 2.86. The van der Waals surface area contributed by atoms with Crippen LogP contribution in [0.2, 0.25) is 0 Å². The zero-order valence-electron chi connectivity index (χ0n) is 11.1. The van der Waals surface area contributed by atoms with Gasteiger partial charge in [0.1, 0.15) is 11.5 Å². The van der Waals surface area contributed by atoms with Crippen molar-refractivity contribution >= 4 is 11.7 Å². The third-order valence-electron chi connectivity index (χ3n) is 3.09. The number of ketones is 1. The second-order valence-electron chi connectivity index (χ2n) is 4.22. The lowest BCUT2D eigenvalue weighted by Crippen LogP contribution is -2.34. The first-order chi connectivity index (χ1) is 9.15. The number of hydrogen-bond donors (Lipinski definition) is 0. The number of fused-ring (bicyclic) bond motifs is 1. The maximum Gasteiger partial charge on any atom is 0.260 e. The van der Waals surface area contributed by atoms with E-state index in [0.29, 0.717) is 30.2 Å². The van der Waals surface area contributed by atoms with Crippen LogP contribution in [0, 0.1) is 0 Å². The van der Waals surface area contributed by atoms with Crippen LogP contribution < -0.4 is 9.47 Å². The highest BCUT2D eigenvalue weighted by molar-refractivity contribution is 6.02. The molecule has 0 aromatic heterocycles. The average Bonchev–Trinajstić information content (AvgIpc) is 2.79. The Labute approximate surface area is 112 Å². The number of carbonyl (C=O) groups excluding carboxylic acids is 2. The highest BCUT2D eigenvalue weighted by Crippen LogP contribution is 2.29. The smallest absolute Gasteiger partial charge is 0.260 e. The van der Waals surface area contributed by atoms with Gasteiger partial charge in [0.15, 0.2) is 13.2 Å². The summed E-state index contributed by atoms with van der Waals surface area (Å²) >= 11 is 0. The van der Waals surface area contributed by atoms with Crippen molar-refractivity contribution in [2.75, 3.05) is 26.3 Å². The summed E-state index contributed by atoms with van der Waals surface area (Å²) in [6, 6.07) is 5.00. The minimum atomic E-state index is -0.0532. The van der Waals surface area contributed by atoms with Gasteiger partial charge in [0.2, 0.25) is 5.78 Å². The van der Waals surface area contributed by atoms with Crippen LogP contribution in [0.1, 0.15) is 24.2 Å². The van der Waals surface area contributed by atoms with Gasteiger partial charge in [-0.05, 0) is 26.0 Å². The highest BCUT2D eigenvalue weighted by Gasteiger charge is 2.21. The lowest BCUT2D eigenvalue weighted by molar-refractivity contribution is -0.132. The number of rotatable bonds is 5. The number of carbonyl (C=O) groups is 2. The zero-order chi connectivity index (χ0) is 13.8. The first kappa shape index (κ1) is 13.4. The van der Waals surface area contributed by atoms with Crippen molar-refractivity contribution in [2.45, 2.75) is 13.8 Å². The maximum atomic E-state index is 11.8. The number of amides is 1. The molecule has 5 nitrogen and oxygen atoms in total. The predicted octanol–water partition coefficient (Wildman–Crippen LogP) is 1.51. The summed E-state index contributed by atoms with van der Waals surface area (Å²) in [6.45, 7) is 5.26. The topological polar surface area (TPSA) is 55.8 Å². The molecule has 0 unspecified atom stereocenters. The molecule has 1 amide bonds. The molecule has 0 radical (unpaired) electrons. The summed E-state index contributed by atoms with van der Waals surface area (Å²) in [5.74, 6) is 0.981. The fraction of sp³-hybridized carbons (Fsp3) is 0.429. The van der Waals surface area contributed by atoms with Crippen LogP contribution in [-0.4, -0.2) is 42.9 Å². The Kier molecular flexibility index (Phi) is 4.04. The number of benzene rings is 1. The van der Waals surface area contributed by atoms with Gasteiger partial charge in [0, 0.05) is 19.2 Å². The number of Topliss-reactive ketones (excluding diaryl/α,β-unsaturated/α-hetero) is 1. The summed E-state index contributed by atoms with van der Waals surface area (Å²) in [4.78, 5) is 24.9. The molecule has 0 bridgehead atoms. The van der Waals surface area contributed by atoms with Crippen molar-refractivity contribution < 1.29 is 19.1 Å². The van der Waals surface area contributed by atoms with Crippen molar-refractivity contribution in [3.05, 3.63) is 23.8 Å². The van der Waals surface area contributed by atoms with Gasteiger partial charge >= 0.3 is 0 Å². The number of likely N-dealkylation sites (N-methyl/N-ethyl adjacent to an activating group) is 1. The summed E-state index contributed by atoms with van der Waals surface area (Å²) in [5.41, 5.74) is 0.572. The molecular weight excluding hydrogens is 246 g/mol. The van der Waals surface area contributed by atoms with Crippen LogP contribution in [0.4, 0.5) is 0 Å². The third-order valence-corrected chi connectivity index (χ3v) is 3.09. The van der Waals surface area contributed by atoms with E-state index >= 15 is 0 Å². The highest BCUT2D eigenvalue weighted by atomic mass is 16.5. The summed E-state index contributed by atoms with van der Waals surface area (Å²) in [5, 5.41) is 0. The summed E-state index contributed by atoms with van der Waals surface area (Å²) in [7, 11) is 0. The molecule has 0 N–H and O–H groups in total. The molecular formula is C14H17NO4. The van der Waals surface area contributed by atoms with Gasteiger partial charge in [0.05, 0.1) is 5.56 Å². The van der Waals surface area contributed by atoms with Crippen LogP contribution in [0.3, 0.4) is 0 Å². The normalized spacial score (nSPS) is 12.8. The van der Waals surface area contributed by atoms with Gasteiger partial charge in [0.25, 0.3) is 5.91 Å². The van der Waals surface area contributed by atoms with E-state index in [9.17, 15) is 9.59 Å². The minimum absolute atomic E-state index is 0.00554. The Balaban J connectivity index is 1.97. The second-order valence-corrected chi connectivity index (χ2v) is 4.22. The van der Waals surface area contributed by atoms with E-state index in [1.165, 1.54) is 0 Å². The molecule has 1 heterocycles. The van der Waals surface area contributed by atoms with E-state index in [2.05, 4.69) is 0 Å². The van der Waals surface area contributed by atoms with Gasteiger partial charge in [-0.2, -0.15) is 0 Å². The van der Waals surface area contributed by atoms with E-state index in [4.69, 9.17) is 9.47 Å². The molecule has 0 saturated carbocycles. The molecule has 1 aromatic carbocycles. The van der Waals surface area contributed by atoms with Crippen LogP contribution >= 0.6 is 0 Å². The lowest BCUT2D eigenvalue weighted by Gasteiger charge is -2.18. The van der Waals surface area contributed by atoms with Gasteiger partial charge in [-0.15, -0.1) is 0 Å². The Morgan fingerprint density at radius 1 is 1.37 bits per heavy atom. The lowest BCUT2D eigenvalue weighted by atomic mass is 10.1. The number of nitrogens with zero attached hydrogens (tertiary/aromatic N) is 1. The summed E-state index contributed by atoms with van der Waals surface area (Å²) in [6.07, 6.45) is 0. The molecule has 0 saturated heterocycles. The first-order valence-corrected chi connectivity index (χ1v) is 6.36. The van der Waals surface area contributed by atoms with Gasteiger partial charge < -0.3 is 14.4 Å². The largest absolute Gasteiger partial charge is 0.485 e. The fourth-order valence-corrected chi connectivity index (χ4v) is 1.98. The molecule has 0 fully saturated rings. The molecule has 1 aromatic rings. The predicted molar refractivity (Wildman–Crippen MR) is 69.7 cm³/mol. The maximum absolute atomic E-state index is 11.8. The molecule has 102 valence electrons. The Bertz CT molecular complexity index is 494. The van der Waals surface area contributed by atoms with E-state index < -0.39 is 0 Å². The average molecular weight is 263 g/mol.